The maximum absolute atomic E-state index is 12.1. The van der Waals surface area contributed by atoms with Crippen molar-refractivity contribution in [3.8, 4) is 0 Å². The predicted molar refractivity (Wildman–Crippen MR) is 76.2 cm³/mol. The third-order valence-corrected chi connectivity index (χ3v) is 3.57. The van der Waals surface area contributed by atoms with Crippen molar-refractivity contribution in [1.82, 2.24) is 5.32 Å². The van der Waals surface area contributed by atoms with Crippen LogP contribution in [-0.2, 0) is 15.1 Å². The molecule has 3 nitrogen and oxygen atoms in total. The zero-order valence-corrected chi connectivity index (χ0v) is 12.3. The van der Waals surface area contributed by atoms with Gasteiger partial charge in [-0.1, -0.05) is 23.7 Å². The third-order valence-electron chi connectivity index (χ3n) is 3.34. The quantitative estimate of drug-likeness (QED) is 0.900. The first-order valence-corrected chi connectivity index (χ1v) is 7.04. The number of amides is 1. The fourth-order valence-corrected chi connectivity index (χ4v) is 2.39. The smallest absolute Gasteiger partial charge is 0.249 e. The molecule has 1 aliphatic rings. The third kappa shape index (κ3) is 3.48. The van der Waals surface area contributed by atoms with Crippen LogP contribution in [0.2, 0.25) is 5.02 Å². The van der Waals surface area contributed by atoms with Crippen molar-refractivity contribution in [2.45, 2.75) is 51.4 Å². The van der Waals surface area contributed by atoms with Gasteiger partial charge in [-0.25, -0.2) is 0 Å². The Kier molecular flexibility index (Phi) is 4.16. The zero-order valence-electron chi connectivity index (χ0n) is 11.6. The largest absolute Gasteiger partial charge is 0.366 e. The molecular formula is C15H20ClNO2. The van der Waals surface area contributed by atoms with Crippen molar-refractivity contribution in [3.63, 3.8) is 0 Å². The Bertz CT molecular complexity index is 469. The highest BCUT2D eigenvalue weighted by atomic mass is 35.5. The lowest BCUT2D eigenvalue weighted by Crippen LogP contribution is -2.42. The van der Waals surface area contributed by atoms with E-state index in [0.29, 0.717) is 5.02 Å². The first kappa shape index (κ1) is 14.4. The molecule has 4 heteroatoms. The van der Waals surface area contributed by atoms with Gasteiger partial charge in [0.25, 0.3) is 0 Å². The molecule has 1 saturated carbocycles. The summed E-state index contributed by atoms with van der Waals surface area (Å²) in [6.45, 7) is 5.63. The van der Waals surface area contributed by atoms with Crippen molar-refractivity contribution < 1.29 is 9.53 Å². The Morgan fingerprint density at radius 1 is 1.37 bits per heavy atom. The van der Waals surface area contributed by atoms with Gasteiger partial charge in [0, 0.05) is 5.02 Å². The van der Waals surface area contributed by atoms with E-state index in [-0.39, 0.29) is 17.6 Å². The molecule has 2 rings (SSSR count). The Balaban J connectivity index is 2.04. The van der Waals surface area contributed by atoms with Crippen LogP contribution in [-0.4, -0.2) is 18.1 Å². The Morgan fingerprint density at radius 2 is 2.05 bits per heavy atom. The standard InChI is InChI=1S/C15H20ClNO2/c1-10(2)19-11(3)14(18)17-15(7-8-15)12-5-4-6-13(16)9-12/h4-6,9-11H,7-8H2,1-3H3,(H,17,18). The molecule has 1 aromatic rings. The fraction of sp³-hybridized carbons (Fsp3) is 0.533. The average Bonchev–Trinajstić information content (AvgIpc) is 3.09. The summed E-state index contributed by atoms with van der Waals surface area (Å²) in [5.41, 5.74) is 0.835. The lowest BCUT2D eigenvalue weighted by Gasteiger charge is -2.22. The minimum Gasteiger partial charge on any atom is -0.366 e. The van der Waals surface area contributed by atoms with Crippen molar-refractivity contribution in [3.05, 3.63) is 34.9 Å². The van der Waals surface area contributed by atoms with Gasteiger partial charge in [0.1, 0.15) is 6.10 Å². The van der Waals surface area contributed by atoms with Crippen LogP contribution in [0.15, 0.2) is 24.3 Å². The number of rotatable bonds is 5. The molecular weight excluding hydrogens is 262 g/mol. The van der Waals surface area contributed by atoms with E-state index in [9.17, 15) is 4.79 Å². The summed E-state index contributed by atoms with van der Waals surface area (Å²) in [6.07, 6.45) is 1.51. The number of halogens is 1. The lowest BCUT2D eigenvalue weighted by atomic mass is 10.0. The molecule has 1 amide bonds. The van der Waals surface area contributed by atoms with Gasteiger partial charge in [-0.2, -0.15) is 0 Å². The topological polar surface area (TPSA) is 38.3 Å². The Labute approximate surface area is 119 Å². The summed E-state index contributed by atoms with van der Waals surface area (Å²) >= 11 is 6.01. The normalized spacial score (nSPS) is 18.2. The average molecular weight is 282 g/mol. The number of benzene rings is 1. The van der Waals surface area contributed by atoms with E-state index in [4.69, 9.17) is 16.3 Å². The monoisotopic (exact) mass is 281 g/mol. The van der Waals surface area contributed by atoms with E-state index < -0.39 is 6.10 Å². The fourth-order valence-electron chi connectivity index (χ4n) is 2.20. The van der Waals surface area contributed by atoms with Crippen molar-refractivity contribution >= 4 is 17.5 Å². The van der Waals surface area contributed by atoms with Crippen LogP contribution in [0, 0.1) is 0 Å². The summed E-state index contributed by atoms with van der Waals surface area (Å²) < 4.78 is 5.51. The van der Waals surface area contributed by atoms with Gasteiger partial charge in [-0.3, -0.25) is 4.79 Å². The Morgan fingerprint density at radius 3 is 2.58 bits per heavy atom. The molecule has 1 aliphatic carbocycles. The molecule has 0 aromatic heterocycles. The molecule has 0 saturated heterocycles. The second-order valence-corrected chi connectivity index (χ2v) is 5.85. The number of hydrogen-bond donors (Lipinski definition) is 1. The first-order valence-electron chi connectivity index (χ1n) is 6.66. The van der Waals surface area contributed by atoms with E-state index in [1.807, 2.05) is 38.1 Å². The number of carbonyl (C=O) groups excluding carboxylic acids is 1. The maximum atomic E-state index is 12.1. The SMILES string of the molecule is CC(C)OC(C)C(=O)NC1(c2cccc(Cl)c2)CC1. The summed E-state index contributed by atoms with van der Waals surface area (Å²) in [4.78, 5) is 12.1. The molecule has 1 fully saturated rings. The highest BCUT2D eigenvalue weighted by Crippen LogP contribution is 2.46. The van der Waals surface area contributed by atoms with Crippen LogP contribution in [0.1, 0.15) is 39.2 Å². The highest BCUT2D eigenvalue weighted by molar-refractivity contribution is 6.30. The number of nitrogens with one attached hydrogen (secondary N) is 1. The molecule has 1 aromatic carbocycles. The van der Waals surface area contributed by atoms with Gasteiger partial charge in [0.15, 0.2) is 0 Å². The maximum Gasteiger partial charge on any atom is 0.249 e. The van der Waals surface area contributed by atoms with Crippen LogP contribution in [0.3, 0.4) is 0 Å². The van der Waals surface area contributed by atoms with E-state index in [1.165, 1.54) is 0 Å². The van der Waals surface area contributed by atoms with Crippen molar-refractivity contribution in [2.24, 2.45) is 0 Å². The molecule has 0 radical (unpaired) electrons. The van der Waals surface area contributed by atoms with Gasteiger partial charge >= 0.3 is 0 Å². The molecule has 0 spiro atoms. The van der Waals surface area contributed by atoms with Gasteiger partial charge in [-0.15, -0.1) is 0 Å². The van der Waals surface area contributed by atoms with Gasteiger partial charge < -0.3 is 10.1 Å². The summed E-state index contributed by atoms with van der Waals surface area (Å²) in [6, 6.07) is 7.68. The molecule has 1 unspecified atom stereocenters. The predicted octanol–water partition coefficient (Wildman–Crippen LogP) is 3.26. The van der Waals surface area contributed by atoms with Gasteiger partial charge in [0.05, 0.1) is 11.6 Å². The lowest BCUT2D eigenvalue weighted by molar-refractivity contribution is -0.135. The minimum atomic E-state index is -0.434. The van der Waals surface area contributed by atoms with E-state index in [0.717, 1.165) is 18.4 Å². The number of ether oxygens (including phenoxy) is 1. The summed E-state index contributed by atoms with van der Waals surface area (Å²) in [5, 5.41) is 3.79. The summed E-state index contributed by atoms with van der Waals surface area (Å²) in [7, 11) is 0. The number of carbonyl (C=O) groups is 1. The zero-order chi connectivity index (χ0) is 14.0. The summed E-state index contributed by atoms with van der Waals surface area (Å²) in [5.74, 6) is -0.0637. The second-order valence-electron chi connectivity index (χ2n) is 5.41. The van der Waals surface area contributed by atoms with Crippen LogP contribution < -0.4 is 5.32 Å². The van der Waals surface area contributed by atoms with E-state index in [1.54, 1.807) is 6.92 Å². The second kappa shape index (κ2) is 5.51. The van der Waals surface area contributed by atoms with Crippen LogP contribution >= 0.6 is 11.6 Å². The van der Waals surface area contributed by atoms with Crippen LogP contribution in [0.4, 0.5) is 0 Å². The Hall–Kier alpha value is -1.06. The molecule has 1 N–H and O–H groups in total. The number of hydrogen-bond acceptors (Lipinski definition) is 2. The van der Waals surface area contributed by atoms with Crippen LogP contribution in [0.5, 0.6) is 0 Å². The minimum absolute atomic E-state index is 0.0436. The molecule has 0 aliphatic heterocycles. The van der Waals surface area contributed by atoms with E-state index >= 15 is 0 Å². The van der Waals surface area contributed by atoms with Crippen molar-refractivity contribution in [1.29, 1.82) is 0 Å². The molecule has 104 valence electrons. The molecule has 1 atom stereocenters. The molecule has 0 bridgehead atoms. The molecule has 0 heterocycles. The first-order chi connectivity index (χ1) is 8.93. The van der Waals surface area contributed by atoms with E-state index in [2.05, 4.69) is 5.32 Å². The van der Waals surface area contributed by atoms with Crippen molar-refractivity contribution in [2.75, 3.05) is 0 Å². The highest BCUT2D eigenvalue weighted by Gasteiger charge is 2.46. The van der Waals surface area contributed by atoms with Gasteiger partial charge in [-0.05, 0) is 51.3 Å². The van der Waals surface area contributed by atoms with Crippen LogP contribution in [0.25, 0.3) is 0 Å². The molecule has 19 heavy (non-hydrogen) atoms. The van der Waals surface area contributed by atoms with Gasteiger partial charge in [0.2, 0.25) is 5.91 Å².